The number of hydrogen-bond acceptors (Lipinski definition) is 4. The molecule has 2 N–H and O–H groups in total. The van der Waals surface area contributed by atoms with Gasteiger partial charge in [0.2, 0.25) is 0 Å². The zero-order chi connectivity index (χ0) is 18.8. The molecule has 1 aromatic carbocycles. The molecule has 2 rings (SSSR count). The predicted octanol–water partition coefficient (Wildman–Crippen LogP) is 2.30. The largest absolute Gasteiger partial charge is 0.496 e. The van der Waals surface area contributed by atoms with Gasteiger partial charge in [-0.3, -0.25) is 4.99 Å². The van der Waals surface area contributed by atoms with Crippen LogP contribution in [0.1, 0.15) is 31.4 Å². The van der Waals surface area contributed by atoms with Crippen molar-refractivity contribution >= 4 is 5.96 Å². The highest BCUT2D eigenvalue weighted by Crippen LogP contribution is 2.19. The summed E-state index contributed by atoms with van der Waals surface area (Å²) in [6.45, 7) is 9.93. The van der Waals surface area contributed by atoms with Crippen molar-refractivity contribution in [2.75, 3.05) is 40.0 Å². The second-order valence-electron chi connectivity index (χ2n) is 6.68. The first-order chi connectivity index (χ1) is 12.6. The predicted molar refractivity (Wildman–Crippen MR) is 105 cm³/mol. The van der Waals surface area contributed by atoms with Gasteiger partial charge in [0.25, 0.3) is 0 Å². The Bertz CT molecular complexity index is 571. The SMILES string of the molecule is CCNC(=NCCc1ccc(C)c(OC)c1)NC(C)COC1CCOC1. The highest BCUT2D eigenvalue weighted by molar-refractivity contribution is 5.80. The first kappa shape index (κ1) is 20.5. The number of methoxy groups -OCH3 is 1. The summed E-state index contributed by atoms with van der Waals surface area (Å²) in [5, 5.41) is 6.70. The maximum Gasteiger partial charge on any atom is 0.191 e. The van der Waals surface area contributed by atoms with Gasteiger partial charge in [-0.05, 0) is 50.8 Å². The first-order valence-electron chi connectivity index (χ1n) is 9.50. The molecule has 6 nitrogen and oxygen atoms in total. The van der Waals surface area contributed by atoms with Crippen molar-refractivity contribution < 1.29 is 14.2 Å². The molecule has 146 valence electrons. The van der Waals surface area contributed by atoms with Gasteiger partial charge in [0.15, 0.2) is 5.96 Å². The highest BCUT2D eigenvalue weighted by atomic mass is 16.5. The Labute approximate surface area is 157 Å². The summed E-state index contributed by atoms with van der Waals surface area (Å²) in [6, 6.07) is 6.50. The molecule has 0 amide bonds. The van der Waals surface area contributed by atoms with Gasteiger partial charge in [-0.1, -0.05) is 12.1 Å². The third-order valence-corrected chi connectivity index (χ3v) is 4.34. The quantitative estimate of drug-likeness (QED) is 0.521. The maximum absolute atomic E-state index is 5.87. The summed E-state index contributed by atoms with van der Waals surface area (Å²) < 4.78 is 16.6. The third-order valence-electron chi connectivity index (χ3n) is 4.34. The molecule has 0 aromatic heterocycles. The smallest absolute Gasteiger partial charge is 0.191 e. The van der Waals surface area contributed by atoms with E-state index >= 15 is 0 Å². The van der Waals surface area contributed by atoms with Gasteiger partial charge in [0.1, 0.15) is 5.75 Å². The maximum atomic E-state index is 5.87. The fraction of sp³-hybridized carbons (Fsp3) is 0.650. The summed E-state index contributed by atoms with van der Waals surface area (Å²) in [6.07, 6.45) is 2.09. The Morgan fingerprint density at radius 1 is 1.42 bits per heavy atom. The molecule has 0 saturated carbocycles. The average molecular weight is 364 g/mol. The molecule has 1 aromatic rings. The van der Waals surface area contributed by atoms with Gasteiger partial charge in [0.05, 0.1) is 26.4 Å². The molecular weight excluding hydrogens is 330 g/mol. The number of benzene rings is 1. The lowest BCUT2D eigenvalue weighted by Crippen LogP contribution is -2.44. The van der Waals surface area contributed by atoms with E-state index in [1.54, 1.807) is 7.11 Å². The molecule has 0 aliphatic carbocycles. The number of hydrogen-bond donors (Lipinski definition) is 2. The van der Waals surface area contributed by atoms with E-state index in [0.29, 0.717) is 19.8 Å². The monoisotopic (exact) mass is 363 g/mol. The molecule has 1 aliphatic rings. The van der Waals surface area contributed by atoms with Gasteiger partial charge < -0.3 is 24.8 Å². The standard InChI is InChI=1S/C20H33N3O3/c1-5-21-20(23-16(3)13-26-18-9-11-25-14-18)22-10-8-17-7-6-15(2)19(12-17)24-4/h6-7,12,16,18H,5,8-11,13-14H2,1-4H3,(H2,21,22,23). The minimum Gasteiger partial charge on any atom is -0.496 e. The molecule has 2 unspecified atom stereocenters. The molecule has 0 radical (unpaired) electrons. The topological polar surface area (TPSA) is 64.1 Å². The summed E-state index contributed by atoms with van der Waals surface area (Å²) in [7, 11) is 1.71. The number of aliphatic imine (C=N–C) groups is 1. The molecule has 0 bridgehead atoms. The number of nitrogens with one attached hydrogen (secondary N) is 2. The Hall–Kier alpha value is -1.79. The normalized spacial score (nSPS) is 18.6. The van der Waals surface area contributed by atoms with Gasteiger partial charge in [0, 0.05) is 25.7 Å². The summed E-state index contributed by atoms with van der Waals surface area (Å²) in [4.78, 5) is 4.68. The third kappa shape index (κ3) is 6.84. The summed E-state index contributed by atoms with van der Waals surface area (Å²) in [5.41, 5.74) is 2.38. The van der Waals surface area contributed by atoms with E-state index < -0.39 is 0 Å². The number of rotatable bonds is 9. The molecule has 1 aliphatic heterocycles. The van der Waals surface area contributed by atoms with Crippen LogP contribution in [-0.2, 0) is 15.9 Å². The zero-order valence-corrected chi connectivity index (χ0v) is 16.5. The minimum absolute atomic E-state index is 0.188. The van der Waals surface area contributed by atoms with Gasteiger partial charge in [-0.2, -0.15) is 0 Å². The number of aryl methyl sites for hydroxylation is 1. The van der Waals surface area contributed by atoms with Crippen LogP contribution in [-0.4, -0.2) is 58.1 Å². The van der Waals surface area contributed by atoms with Crippen LogP contribution in [0.5, 0.6) is 5.75 Å². The Morgan fingerprint density at radius 3 is 2.96 bits per heavy atom. The fourth-order valence-electron chi connectivity index (χ4n) is 2.84. The lowest BCUT2D eigenvalue weighted by atomic mass is 10.1. The van der Waals surface area contributed by atoms with Crippen LogP contribution in [0.25, 0.3) is 0 Å². The van der Waals surface area contributed by atoms with E-state index in [-0.39, 0.29) is 12.1 Å². The molecular formula is C20H33N3O3. The van der Waals surface area contributed by atoms with E-state index in [0.717, 1.165) is 43.3 Å². The molecule has 1 saturated heterocycles. The van der Waals surface area contributed by atoms with E-state index in [9.17, 15) is 0 Å². The zero-order valence-electron chi connectivity index (χ0n) is 16.5. The second-order valence-corrected chi connectivity index (χ2v) is 6.68. The molecule has 1 fully saturated rings. The van der Waals surface area contributed by atoms with E-state index in [2.05, 4.69) is 54.6 Å². The molecule has 2 atom stereocenters. The molecule has 0 spiro atoms. The van der Waals surface area contributed by atoms with Crippen LogP contribution < -0.4 is 15.4 Å². The number of nitrogens with zero attached hydrogens (tertiary/aromatic N) is 1. The minimum atomic E-state index is 0.188. The van der Waals surface area contributed by atoms with Crippen LogP contribution in [0.4, 0.5) is 0 Å². The van der Waals surface area contributed by atoms with Crippen molar-refractivity contribution in [2.45, 2.75) is 45.8 Å². The van der Waals surface area contributed by atoms with Crippen molar-refractivity contribution in [3.05, 3.63) is 29.3 Å². The van der Waals surface area contributed by atoms with Crippen molar-refractivity contribution in [2.24, 2.45) is 4.99 Å². The van der Waals surface area contributed by atoms with E-state index in [1.165, 1.54) is 5.56 Å². The number of guanidine groups is 1. The molecule has 1 heterocycles. The van der Waals surface area contributed by atoms with Crippen molar-refractivity contribution in [3.8, 4) is 5.75 Å². The lowest BCUT2D eigenvalue weighted by molar-refractivity contribution is 0.0347. The average Bonchev–Trinajstić information content (AvgIpc) is 3.15. The van der Waals surface area contributed by atoms with Crippen molar-refractivity contribution in [1.82, 2.24) is 10.6 Å². The number of ether oxygens (including phenoxy) is 3. The summed E-state index contributed by atoms with van der Waals surface area (Å²) in [5.74, 6) is 1.75. The fourth-order valence-corrected chi connectivity index (χ4v) is 2.84. The van der Waals surface area contributed by atoms with Crippen molar-refractivity contribution in [1.29, 1.82) is 0 Å². The lowest BCUT2D eigenvalue weighted by Gasteiger charge is -2.19. The first-order valence-corrected chi connectivity index (χ1v) is 9.50. The summed E-state index contributed by atoms with van der Waals surface area (Å²) >= 11 is 0. The van der Waals surface area contributed by atoms with E-state index in [1.807, 2.05) is 0 Å². The molecule has 6 heteroatoms. The second kappa shape index (κ2) is 11.0. The van der Waals surface area contributed by atoms with Crippen LogP contribution in [0.15, 0.2) is 23.2 Å². The Morgan fingerprint density at radius 2 is 2.27 bits per heavy atom. The van der Waals surface area contributed by atoms with Crippen LogP contribution in [0.3, 0.4) is 0 Å². The van der Waals surface area contributed by atoms with Crippen molar-refractivity contribution in [3.63, 3.8) is 0 Å². The van der Waals surface area contributed by atoms with Crippen LogP contribution in [0.2, 0.25) is 0 Å². The van der Waals surface area contributed by atoms with Gasteiger partial charge >= 0.3 is 0 Å². The van der Waals surface area contributed by atoms with Gasteiger partial charge in [-0.25, -0.2) is 0 Å². The van der Waals surface area contributed by atoms with Crippen LogP contribution >= 0.6 is 0 Å². The Kier molecular flexibility index (Phi) is 8.71. The van der Waals surface area contributed by atoms with E-state index in [4.69, 9.17) is 14.2 Å². The Balaban J connectivity index is 1.81. The highest BCUT2D eigenvalue weighted by Gasteiger charge is 2.17. The molecule has 26 heavy (non-hydrogen) atoms. The van der Waals surface area contributed by atoms with Gasteiger partial charge in [-0.15, -0.1) is 0 Å². The van der Waals surface area contributed by atoms with Crippen LogP contribution in [0, 0.1) is 6.92 Å².